The van der Waals surface area contributed by atoms with Crippen LogP contribution in [0.25, 0.3) is 10.2 Å². The van der Waals surface area contributed by atoms with Gasteiger partial charge in [0, 0.05) is 37.1 Å². The maximum Gasteiger partial charge on any atom is 0.390 e. The predicted molar refractivity (Wildman–Crippen MR) is 99.4 cm³/mol. The summed E-state index contributed by atoms with van der Waals surface area (Å²) in [4.78, 5) is 27.0. The number of nitrogens with zero attached hydrogens (tertiary/aromatic N) is 2. The highest BCUT2D eigenvalue weighted by atomic mass is 32.1. The topological polar surface area (TPSA) is 82.1 Å². The Morgan fingerprint density at radius 2 is 2.00 bits per heavy atom. The fourth-order valence-corrected chi connectivity index (χ4v) is 4.57. The van der Waals surface area contributed by atoms with Crippen LogP contribution >= 0.6 is 11.3 Å². The molecule has 0 radical (unpaired) electrons. The maximum absolute atomic E-state index is 13.0. The molecule has 6 nitrogen and oxygen atoms in total. The zero-order chi connectivity index (χ0) is 19.8. The number of halogens is 3. The van der Waals surface area contributed by atoms with Gasteiger partial charge in [0.25, 0.3) is 5.56 Å². The van der Waals surface area contributed by atoms with E-state index >= 15 is 0 Å². The molecule has 0 bridgehead atoms. The second-order valence-corrected chi connectivity index (χ2v) is 7.94. The van der Waals surface area contributed by atoms with Gasteiger partial charge in [-0.3, -0.25) is 13.9 Å². The molecule has 1 saturated carbocycles. The molecule has 0 spiro atoms. The monoisotopic (exact) mass is 404 g/mol. The second-order valence-electron chi connectivity index (χ2n) is 6.86. The van der Waals surface area contributed by atoms with Crippen LogP contribution in [0.3, 0.4) is 0 Å². The van der Waals surface area contributed by atoms with E-state index in [9.17, 15) is 22.8 Å². The van der Waals surface area contributed by atoms with Gasteiger partial charge in [-0.2, -0.15) is 13.2 Å². The molecule has 3 rings (SSSR count). The van der Waals surface area contributed by atoms with Crippen molar-refractivity contribution in [3.8, 4) is 0 Å². The van der Waals surface area contributed by atoms with Crippen LogP contribution in [0.1, 0.15) is 42.2 Å². The van der Waals surface area contributed by atoms with Crippen LogP contribution in [0.2, 0.25) is 0 Å². The molecule has 2 aromatic heterocycles. The van der Waals surface area contributed by atoms with E-state index < -0.39 is 24.8 Å². The van der Waals surface area contributed by atoms with Crippen LogP contribution in [-0.2, 0) is 13.1 Å². The Morgan fingerprint density at radius 1 is 1.30 bits per heavy atom. The number of alkyl halides is 3. The number of thiophene rings is 1. The number of aromatic nitrogens is 2. The van der Waals surface area contributed by atoms with E-state index in [2.05, 4.69) is 5.32 Å². The number of hydrogen-bond acceptors (Lipinski definition) is 5. The SMILES string of the molecule is Cc1c(CNCCN)sc2c1c(=O)n(C1CCC1)c(=O)n2CCC(F)(F)F. The minimum Gasteiger partial charge on any atom is -0.329 e. The Labute approximate surface area is 157 Å². The lowest BCUT2D eigenvalue weighted by atomic mass is 9.93. The molecular formula is C17H23F3N4O2S. The molecule has 2 aromatic rings. The highest BCUT2D eigenvalue weighted by molar-refractivity contribution is 7.18. The molecular weight excluding hydrogens is 381 g/mol. The summed E-state index contributed by atoms with van der Waals surface area (Å²) < 4.78 is 40.6. The van der Waals surface area contributed by atoms with Crippen molar-refractivity contribution in [2.24, 2.45) is 5.73 Å². The lowest BCUT2D eigenvalue weighted by Crippen LogP contribution is -2.44. The molecule has 150 valence electrons. The normalized spacial score (nSPS) is 15.4. The predicted octanol–water partition coefficient (Wildman–Crippen LogP) is 2.26. The molecule has 1 fully saturated rings. The van der Waals surface area contributed by atoms with Crippen molar-refractivity contribution in [3.05, 3.63) is 31.3 Å². The van der Waals surface area contributed by atoms with Crippen LogP contribution in [0, 0.1) is 6.92 Å². The summed E-state index contributed by atoms with van der Waals surface area (Å²) in [6, 6.07) is -0.218. The van der Waals surface area contributed by atoms with E-state index in [1.165, 1.54) is 15.9 Å². The fourth-order valence-electron chi connectivity index (χ4n) is 3.29. The molecule has 2 heterocycles. The third kappa shape index (κ3) is 3.97. The third-order valence-corrected chi connectivity index (χ3v) is 6.32. The fraction of sp³-hybridized carbons (Fsp3) is 0.647. The summed E-state index contributed by atoms with van der Waals surface area (Å²) in [6.07, 6.45) is -3.17. The number of fused-ring (bicyclic) bond motifs is 1. The van der Waals surface area contributed by atoms with Crippen molar-refractivity contribution in [2.45, 2.75) is 57.9 Å². The molecule has 1 aliphatic carbocycles. The minimum absolute atomic E-state index is 0.218. The summed E-state index contributed by atoms with van der Waals surface area (Å²) in [6.45, 7) is 2.79. The van der Waals surface area contributed by atoms with E-state index in [1.54, 1.807) is 6.92 Å². The smallest absolute Gasteiger partial charge is 0.329 e. The van der Waals surface area contributed by atoms with Gasteiger partial charge in [0.15, 0.2) is 0 Å². The second kappa shape index (κ2) is 7.76. The molecule has 0 aromatic carbocycles. The summed E-state index contributed by atoms with van der Waals surface area (Å²) in [5, 5.41) is 3.49. The standard InChI is InChI=1S/C17H23F3N4O2S/c1-10-12(9-22-7-6-21)27-15-13(10)14(25)24(11-3-2-4-11)16(26)23(15)8-5-17(18,19)20/h11,22H,2-9,21H2,1H3. The number of aryl methyl sites for hydroxylation is 2. The van der Waals surface area contributed by atoms with Crippen LogP contribution < -0.4 is 22.3 Å². The van der Waals surface area contributed by atoms with Crippen LogP contribution in [0.5, 0.6) is 0 Å². The Morgan fingerprint density at radius 3 is 2.56 bits per heavy atom. The number of hydrogen-bond donors (Lipinski definition) is 2. The first-order chi connectivity index (χ1) is 12.7. The Hall–Kier alpha value is -1.65. The molecule has 1 aliphatic rings. The van der Waals surface area contributed by atoms with Crippen molar-refractivity contribution in [3.63, 3.8) is 0 Å². The van der Waals surface area contributed by atoms with Crippen molar-refractivity contribution >= 4 is 21.6 Å². The quantitative estimate of drug-likeness (QED) is 0.694. The van der Waals surface area contributed by atoms with E-state index in [0.717, 1.165) is 21.4 Å². The van der Waals surface area contributed by atoms with Gasteiger partial charge < -0.3 is 11.1 Å². The van der Waals surface area contributed by atoms with Crippen molar-refractivity contribution in [1.29, 1.82) is 0 Å². The first kappa shape index (κ1) is 20.1. The van der Waals surface area contributed by atoms with Crippen molar-refractivity contribution < 1.29 is 13.2 Å². The Balaban J connectivity index is 2.15. The maximum atomic E-state index is 13.0. The summed E-state index contributed by atoms with van der Waals surface area (Å²) in [5.74, 6) is 0. The lowest BCUT2D eigenvalue weighted by Gasteiger charge is -2.27. The van der Waals surface area contributed by atoms with Crippen LogP contribution in [0.15, 0.2) is 9.59 Å². The first-order valence-electron chi connectivity index (χ1n) is 8.99. The van der Waals surface area contributed by atoms with Gasteiger partial charge >= 0.3 is 11.9 Å². The summed E-state index contributed by atoms with van der Waals surface area (Å²) >= 11 is 1.20. The van der Waals surface area contributed by atoms with Gasteiger partial charge in [-0.05, 0) is 31.7 Å². The lowest BCUT2D eigenvalue weighted by molar-refractivity contribution is -0.136. The molecule has 0 atom stereocenters. The highest BCUT2D eigenvalue weighted by Gasteiger charge is 2.30. The number of nitrogens with two attached hydrogens (primary N) is 1. The van der Waals surface area contributed by atoms with Gasteiger partial charge in [0.05, 0.1) is 11.8 Å². The van der Waals surface area contributed by atoms with Gasteiger partial charge in [-0.25, -0.2) is 4.79 Å². The van der Waals surface area contributed by atoms with E-state index in [4.69, 9.17) is 5.73 Å². The van der Waals surface area contributed by atoms with Crippen LogP contribution in [-0.4, -0.2) is 28.4 Å². The zero-order valence-electron chi connectivity index (χ0n) is 15.1. The van der Waals surface area contributed by atoms with Crippen molar-refractivity contribution in [1.82, 2.24) is 14.5 Å². The van der Waals surface area contributed by atoms with Gasteiger partial charge in [-0.15, -0.1) is 11.3 Å². The molecule has 0 aliphatic heterocycles. The Bertz CT molecular complexity index is 941. The summed E-state index contributed by atoms with van der Waals surface area (Å²) in [5.41, 5.74) is 5.16. The number of nitrogens with one attached hydrogen (secondary N) is 1. The summed E-state index contributed by atoms with van der Waals surface area (Å²) in [7, 11) is 0. The van der Waals surface area contributed by atoms with E-state index in [-0.39, 0.29) is 11.6 Å². The van der Waals surface area contributed by atoms with E-state index in [1.807, 2.05) is 0 Å². The third-order valence-electron chi connectivity index (χ3n) is 5.01. The largest absolute Gasteiger partial charge is 0.390 e. The first-order valence-corrected chi connectivity index (χ1v) is 9.81. The van der Waals surface area contributed by atoms with Crippen LogP contribution in [0.4, 0.5) is 13.2 Å². The molecule has 27 heavy (non-hydrogen) atoms. The molecule has 0 amide bonds. The zero-order valence-corrected chi connectivity index (χ0v) is 15.9. The molecule has 10 heteroatoms. The highest BCUT2D eigenvalue weighted by Crippen LogP contribution is 2.32. The van der Waals surface area contributed by atoms with Crippen molar-refractivity contribution in [2.75, 3.05) is 13.1 Å². The minimum atomic E-state index is -4.37. The van der Waals surface area contributed by atoms with Gasteiger partial charge in [0.1, 0.15) is 4.83 Å². The molecule has 0 unspecified atom stereocenters. The number of rotatable bonds is 7. The van der Waals surface area contributed by atoms with E-state index in [0.29, 0.717) is 42.7 Å². The molecule has 0 saturated heterocycles. The van der Waals surface area contributed by atoms with Gasteiger partial charge in [-0.1, -0.05) is 0 Å². The average molecular weight is 404 g/mol. The average Bonchev–Trinajstić information content (AvgIpc) is 2.85. The Kier molecular flexibility index (Phi) is 5.78. The molecule has 3 N–H and O–H groups in total. The van der Waals surface area contributed by atoms with Gasteiger partial charge in [0.2, 0.25) is 0 Å².